The molecule has 2 atom stereocenters. The standard InChI is InChI=1S/C22H33NO7/c1-14(20(24)30-22(2,3)4)23-12-8-9-15(23)13-29-21(25)16-10-11-17(26-5)19(28-7)18(16)27-6/h10-11,14-15H,8-9,12-13H2,1-7H3/t14-,15+/m0/s1. The van der Waals surface area contributed by atoms with E-state index in [1.165, 1.54) is 21.3 Å². The highest BCUT2D eigenvalue weighted by Gasteiger charge is 2.35. The van der Waals surface area contributed by atoms with Crippen LogP contribution in [0.25, 0.3) is 0 Å². The van der Waals surface area contributed by atoms with Gasteiger partial charge in [-0.25, -0.2) is 4.79 Å². The van der Waals surface area contributed by atoms with Crippen LogP contribution in [-0.2, 0) is 14.3 Å². The summed E-state index contributed by atoms with van der Waals surface area (Å²) in [5.74, 6) is 0.244. The number of hydrogen-bond acceptors (Lipinski definition) is 8. The van der Waals surface area contributed by atoms with Crippen molar-refractivity contribution >= 4 is 11.9 Å². The summed E-state index contributed by atoms with van der Waals surface area (Å²) in [5, 5.41) is 0. The Bertz CT molecular complexity index is 757. The summed E-state index contributed by atoms with van der Waals surface area (Å²) in [7, 11) is 4.44. The first-order valence-corrected chi connectivity index (χ1v) is 10.1. The maximum absolute atomic E-state index is 12.7. The van der Waals surface area contributed by atoms with Crippen LogP contribution in [0.2, 0.25) is 0 Å². The third-order valence-corrected chi connectivity index (χ3v) is 5.00. The van der Waals surface area contributed by atoms with E-state index in [-0.39, 0.29) is 29.9 Å². The van der Waals surface area contributed by atoms with E-state index in [2.05, 4.69) is 0 Å². The lowest BCUT2D eigenvalue weighted by Gasteiger charge is -2.31. The Morgan fingerprint density at radius 2 is 1.77 bits per heavy atom. The van der Waals surface area contributed by atoms with Crippen molar-refractivity contribution in [2.24, 2.45) is 0 Å². The monoisotopic (exact) mass is 423 g/mol. The van der Waals surface area contributed by atoms with E-state index in [9.17, 15) is 9.59 Å². The molecule has 0 aliphatic carbocycles. The molecule has 2 rings (SSSR count). The van der Waals surface area contributed by atoms with Gasteiger partial charge in [-0.05, 0) is 59.2 Å². The zero-order valence-electron chi connectivity index (χ0n) is 18.9. The number of esters is 2. The van der Waals surface area contributed by atoms with Gasteiger partial charge in [0.05, 0.1) is 21.3 Å². The molecular weight excluding hydrogens is 390 g/mol. The molecule has 8 nitrogen and oxygen atoms in total. The fourth-order valence-electron chi connectivity index (χ4n) is 3.58. The number of carbonyl (C=O) groups excluding carboxylic acids is 2. The molecule has 1 aliphatic rings. The quantitative estimate of drug-likeness (QED) is 0.590. The Morgan fingerprint density at radius 3 is 2.33 bits per heavy atom. The topological polar surface area (TPSA) is 83.5 Å². The first-order chi connectivity index (χ1) is 14.1. The Balaban J connectivity index is 2.07. The molecule has 1 heterocycles. The van der Waals surface area contributed by atoms with Crippen LogP contribution in [-0.4, -0.2) is 69.0 Å². The molecule has 0 bridgehead atoms. The summed E-state index contributed by atoms with van der Waals surface area (Å²) in [5.41, 5.74) is -0.295. The molecule has 1 aliphatic heterocycles. The molecule has 8 heteroatoms. The SMILES string of the molecule is COc1ccc(C(=O)OC[C@H]2CCCN2[C@@H](C)C(=O)OC(C)(C)C)c(OC)c1OC. The normalized spacial score (nSPS) is 17.9. The van der Waals surface area contributed by atoms with Crippen LogP contribution < -0.4 is 14.2 Å². The van der Waals surface area contributed by atoms with E-state index < -0.39 is 17.6 Å². The Labute approximate surface area is 178 Å². The van der Waals surface area contributed by atoms with Crippen LogP contribution in [0.1, 0.15) is 50.9 Å². The fraction of sp³-hybridized carbons (Fsp3) is 0.636. The van der Waals surface area contributed by atoms with Gasteiger partial charge in [-0.3, -0.25) is 9.69 Å². The number of likely N-dealkylation sites (tertiary alicyclic amines) is 1. The van der Waals surface area contributed by atoms with Gasteiger partial charge in [0.1, 0.15) is 23.8 Å². The zero-order chi connectivity index (χ0) is 22.5. The first kappa shape index (κ1) is 23.8. The van der Waals surface area contributed by atoms with Crippen molar-refractivity contribution in [3.63, 3.8) is 0 Å². The molecular formula is C22H33NO7. The van der Waals surface area contributed by atoms with Crippen LogP contribution >= 0.6 is 0 Å². The van der Waals surface area contributed by atoms with Gasteiger partial charge in [0.25, 0.3) is 0 Å². The number of nitrogens with zero attached hydrogens (tertiary/aromatic N) is 1. The summed E-state index contributed by atoms with van der Waals surface area (Å²) in [4.78, 5) is 27.2. The van der Waals surface area contributed by atoms with Crippen LogP contribution in [0.5, 0.6) is 17.2 Å². The molecule has 0 unspecified atom stereocenters. The number of benzene rings is 1. The number of carbonyl (C=O) groups is 2. The predicted molar refractivity (Wildman–Crippen MR) is 111 cm³/mol. The van der Waals surface area contributed by atoms with Crippen molar-refractivity contribution in [2.75, 3.05) is 34.5 Å². The first-order valence-electron chi connectivity index (χ1n) is 10.1. The van der Waals surface area contributed by atoms with Gasteiger partial charge in [-0.1, -0.05) is 0 Å². The van der Waals surface area contributed by atoms with E-state index >= 15 is 0 Å². The highest BCUT2D eigenvalue weighted by Crippen LogP contribution is 2.40. The van der Waals surface area contributed by atoms with E-state index in [0.29, 0.717) is 11.5 Å². The minimum absolute atomic E-state index is 0.0531. The van der Waals surface area contributed by atoms with Crippen molar-refractivity contribution < 1.29 is 33.3 Å². The molecule has 0 spiro atoms. The summed E-state index contributed by atoms with van der Waals surface area (Å²) in [6.07, 6.45) is 1.76. The largest absolute Gasteiger partial charge is 0.493 e. The average molecular weight is 424 g/mol. The van der Waals surface area contributed by atoms with Gasteiger partial charge in [0.15, 0.2) is 11.5 Å². The lowest BCUT2D eigenvalue weighted by Crippen LogP contribution is -2.46. The summed E-state index contributed by atoms with van der Waals surface area (Å²) in [6, 6.07) is 2.75. The fourth-order valence-corrected chi connectivity index (χ4v) is 3.58. The van der Waals surface area contributed by atoms with Crippen LogP contribution in [0.4, 0.5) is 0 Å². The van der Waals surface area contributed by atoms with Gasteiger partial charge >= 0.3 is 11.9 Å². The van der Waals surface area contributed by atoms with Gasteiger partial charge in [0, 0.05) is 6.04 Å². The Hall–Kier alpha value is -2.48. The zero-order valence-corrected chi connectivity index (χ0v) is 18.9. The average Bonchev–Trinajstić information content (AvgIpc) is 3.17. The lowest BCUT2D eigenvalue weighted by molar-refractivity contribution is -0.161. The highest BCUT2D eigenvalue weighted by atomic mass is 16.6. The molecule has 1 aromatic carbocycles. The molecule has 168 valence electrons. The molecule has 1 saturated heterocycles. The van der Waals surface area contributed by atoms with Gasteiger partial charge in [-0.2, -0.15) is 0 Å². The summed E-state index contributed by atoms with van der Waals surface area (Å²) >= 11 is 0. The van der Waals surface area contributed by atoms with Gasteiger partial charge in [0.2, 0.25) is 5.75 Å². The van der Waals surface area contributed by atoms with Gasteiger partial charge in [-0.15, -0.1) is 0 Å². The molecule has 1 aromatic rings. The predicted octanol–water partition coefficient (Wildman–Crippen LogP) is 3.06. The van der Waals surface area contributed by atoms with Crippen molar-refractivity contribution in [1.82, 2.24) is 4.90 Å². The number of methoxy groups -OCH3 is 3. The molecule has 30 heavy (non-hydrogen) atoms. The van der Waals surface area contributed by atoms with E-state index in [1.807, 2.05) is 32.6 Å². The van der Waals surface area contributed by atoms with E-state index in [0.717, 1.165) is 19.4 Å². The number of rotatable bonds is 8. The Morgan fingerprint density at radius 1 is 1.10 bits per heavy atom. The second kappa shape index (κ2) is 10.0. The van der Waals surface area contributed by atoms with E-state index in [1.54, 1.807) is 12.1 Å². The minimum atomic E-state index is -0.545. The smallest absolute Gasteiger partial charge is 0.342 e. The summed E-state index contributed by atoms with van der Waals surface area (Å²) in [6.45, 7) is 8.28. The molecule has 0 radical (unpaired) electrons. The van der Waals surface area contributed by atoms with Crippen molar-refractivity contribution in [3.05, 3.63) is 17.7 Å². The van der Waals surface area contributed by atoms with Crippen molar-refractivity contribution in [2.45, 2.75) is 58.2 Å². The third kappa shape index (κ3) is 5.56. The molecule has 0 N–H and O–H groups in total. The maximum Gasteiger partial charge on any atom is 0.342 e. The number of ether oxygens (including phenoxy) is 5. The highest BCUT2D eigenvalue weighted by molar-refractivity contribution is 5.94. The Kier molecular flexibility index (Phi) is 7.95. The maximum atomic E-state index is 12.7. The summed E-state index contributed by atoms with van der Waals surface area (Å²) < 4.78 is 27.0. The van der Waals surface area contributed by atoms with Crippen LogP contribution in [0.3, 0.4) is 0 Å². The third-order valence-electron chi connectivity index (χ3n) is 5.00. The molecule has 1 fully saturated rings. The van der Waals surface area contributed by atoms with Crippen molar-refractivity contribution in [1.29, 1.82) is 0 Å². The van der Waals surface area contributed by atoms with Crippen LogP contribution in [0, 0.1) is 0 Å². The van der Waals surface area contributed by atoms with Gasteiger partial charge < -0.3 is 23.7 Å². The van der Waals surface area contributed by atoms with Crippen molar-refractivity contribution in [3.8, 4) is 17.2 Å². The molecule has 0 aromatic heterocycles. The molecule has 0 amide bonds. The van der Waals surface area contributed by atoms with E-state index in [4.69, 9.17) is 23.7 Å². The number of hydrogen-bond donors (Lipinski definition) is 0. The lowest BCUT2D eigenvalue weighted by atomic mass is 10.1. The second-order valence-electron chi connectivity index (χ2n) is 8.22. The van der Waals surface area contributed by atoms with Crippen LogP contribution in [0.15, 0.2) is 12.1 Å². The minimum Gasteiger partial charge on any atom is -0.493 e. The molecule has 0 saturated carbocycles. The second-order valence-corrected chi connectivity index (χ2v) is 8.22.